The van der Waals surface area contributed by atoms with Gasteiger partial charge in [-0.2, -0.15) is 5.10 Å². The topological polar surface area (TPSA) is 90.3 Å². The number of nitrogens with zero attached hydrogens (tertiary/aromatic N) is 2. The molecule has 0 spiro atoms. The van der Waals surface area contributed by atoms with Crippen LogP contribution in [0.3, 0.4) is 0 Å². The van der Waals surface area contributed by atoms with Crippen LogP contribution < -0.4 is 10.9 Å². The summed E-state index contributed by atoms with van der Waals surface area (Å²) in [6.07, 6.45) is 0.699. The first-order chi connectivity index (χ1) is 13.1. The molecule has 1 N–H and O–H groups in total. The van der Waals surface area contributed by atoms with Crippen LogP contribution >= 0.6 is 11.3 Å². The number of hydrogen-bond acceptors (Lipinski definition) is 6. The van der Waals surface area contributed by atoms with E-state index in [1.807, 2.05) is 24.4 Å². The van der Waals surface area contributed by atoms with Crippen LogP contribution in [-0.4, -0.2) is 28.3 Å². The van der Waals surface area contributed by atoms with E-state index in [1.165, 1.54) is 16.0 Å². The Bertz CT molecular complexity index is 1010. The Labute approximate surface area is 159 Å². The lowest BCUT2D eigenvalue weighted by atomic mass is 10.1. The highest BCUT2D eigenvalue weighted by Crippen LogP contribution is 2.14. The number of esters is 1. The molecule has 7 nitrogen and oxygen atoms in total. The molecular weight excluding hydrogens is 366 g/mol. The van der Waals surface area contributed by atoms with E-state index in [-0.39, 0.29) is 11.3 Å². The minimum absolute atomic E-state index is 0.0321. The van der Waals surface area contributed by atoms with Crippen LogP contribution in [0.2, 0.25) is 0 Å². The number of thiophene rings is 1. The van der Waals surface area contributed by atoms with Crippen molar-refractivity contribution in [3.05, 3.63) is 62.7 Å². The average Bonchev–Trinajstić information content (AvgIpc) is 3.20. The molecule has 0 bridgehead atoms. The third kappa shape index (κ3) is 4.40. The number of carbonyl (C=O) groups excluding carboxylic acids is 2. The Morgan fingerprint density at radius 1 is 1.19 bits per heavy atom. The fraction of sp³-hybridized carbons (Fsp3) is 0.263. The van der Waals surface area contributed by atoms with Crippen molar-refractivity contribution in [3.8, 4) is 0 Å². The maximum Gasteiger partial charge on any atom is 0.359 e. The number of hydrogen-bond donors (Lipinski definition) is 1. The zero-order valence-corrected chi connectivity index (χ0v) is 15.6. The van der Waals surface area contributed by atoms with Crippen LogP contribution in [0.15, 0.2) is 46.6 Å². The summed E-state index contributed by atoms with van der Waals surface area (Å²) in [5.74, 6) is -1.13. The maximum absolute atomic E-state index is 12.5. The van der Waals surface area contributed by atoms with Gasteiger partial charge in [0, 0.05) is 16.8 Å². The summed E-state index contributed by atoms with van der Waals surface area (Å²) < 4.78 is 6.38. The molecule has 140 valence electrons. The van der Waals surface area contributed by atoms with E-state index in [0.29, 0.717) is 30.3 Å². The van der Waals surface area contributed by atoms with Crippen molar-refractivity contribution in [3.63, 3.8) is 0 Å². The van der Waals surface area contributed by atoms with Crippen LogP contribution in [0, 0.1) is 0 Å². The largest absolute Gasteiger partial charge is 0.451 e. The number of ether oxygens (including phenoxy) is 1. The smallest absolute Gasteiger partial charge is 0.359 e. The second kappa shape index (κ2) is 8.59. The van der Waals surface area contributed by atoms with Gasteiger partial charge >= 0.3 is 5.97 Å². The molecule has 1 amide bonds. The fourth-order valence-electron chi connectivity index (χ4n) is 2.60. The number of rotatable bonds is 7. The Morgan fingerprint density at radius 3 is 2.67 bits per heavy atom. The zero-order valence-electron chi connectivity index (χ0n) is 14.8. The van der Waals surface area contributed by atoms with Crippen LogP contribution in [0.1, 0.15) is 28.7 Å². The van der Waals surface area contributed by atoms with Gasteiger partial charge in [-0.25, -0.2) is 9.48 Å². The number of amides is 1. The van der Waals surface area contributed by atoms with Crippen LogP contribution in [0.25, 0.3) is 10.8 Å². The van der Waals surface area contributed by atoms with Crippen molar-refractivity contribution in [2.24, 2.45) is 0 Å². The lowest BCUT2D eigenvalue weighted by Crippen LogP contribution is -2.30. The van der Waals surface area contributed by atoms with Crippen molar-refractivity contribution < 1.29 is 14.3 Å². The van der Waals surface area contributed by atoms with E-state index in [4.69, 9.17) is 4.74 Å². The summed E-state index contributed by atoms with van der Waals surface area (Å²) in [6.45, 7) is 2.29. The third-order valence-corrected chi connectivity index (χ3v) is 4.75. The number of fused-ring (bicyclic) bond motifs is 1. The van der Waals surface area contributed by atoms with E-state index in [0.717, 1.165) is 4.88 Å². The SMILES string of the molecule is CCCn1nc(C(=O)OCC(=O)NCc2cccs2)c2ccccc2c1=O. The first-order valence-electron chi connectivity index (χ1n) is 8.56. The second-order valence-electron chi connectivity index (χ2n) is 5.85. The Morgan fingerprint density at radius 2 is 1.96 bits per heavy atom. The molecule has 3 rings (SSSR count). The lowest BCUT2D eigenvalue weighted by molar-refractivity contribution is -0.124. The molecule has 2 aromatic heterocycles. The number of nitrogens with one attached hydrogen (secondary N) is 1. The molecule has 0 saturated heterocycles. The number of aryl methyl sites for hydroxylation is 1. The van der Waals surface area contributed by atoms with Gasteiger partial charge in [0.2, 0.25) is 0 Å². The van der Waals surface area contributed by atoms with E-state index < -0.39 is 18.5 Å². The molecule has 8 heteroatoms. The summed E-state index contributed by atoms with van der Waals surface area (Å²) in [5.41, 5.74) is -0.220. The number of aromatic nitrogens is 2. The van der Waals surface area contributed by atoms with Crippen molar-refractivity contribution in [1.29, 1.82) is 0 Å². The molecule has 0 radical (unpaired) electrons. The van der Waals surface area contributed by atoms with Gasteiger partial charge in [0.1, 0.15) is 0 Å². The summed E-state index contributed by atoms with van der Waals surface area (Å²) in [4.78, 5) is 37.8. The van der Waals surface area contributed by atoms with Gasteiger partial charge in [-0.1, -0.05) is 31.2 Å². The molecule has 0 unspecified atom stereocenters. The Kier molecular flexibility index (Phi) is 5.97. The fourth-order valence-corrected chi connectivity index (χ4v) is 3.24. The lowest BCUT2D eigenvalue weighted by Gasteiger charge is -2.10. The summed E-state index contributed by atoms with van der Waals surface area (Å²) >= 11 is 1.53. The molecule has 0 aliphatic carbocycles. The van der Waals surface area contributed by atoms with Crippen molar-refractivity contribution in [2.45, 2.75) is 26.4 Å². The predicted molar refractivity (Wildman–Crippen MR) is 103 cm³/mol. The predicted octanol–water partition coefficient (Wildman–Crippen LogP) is 2.34. The van der Waals surface area contributed by atoms with Crippen LogP contribution in [-0.2, 0) is 22.6 Å². The molecule has 0 saturated carbocycles. The molecule has 3 aromatic rings. The maximum atomic E-state index is 12.5. The van der Waals surface area contributed by atoms with Crippen molar-refractivity contribution in [1.82, 2.24) is 15.1 Å². The van der Waals surface area contributed by atoms with Gasteiger partial charge in [0.25, 0.3) is 11.5 Å². The van der Waals surface area contributed by atoms with Crippen LogP contribution in [0.5, 0.6) is 0 Å². The van der Waals surface area contributed by atoms with Gasteiger partial charge in [-0.15, -0.1) is 11.3 Å². The van der Waals surface area contributed by atoms with Gasteiger partial charge in [-0.05, 0) is 23.9 Å². The van der Waals surface area contributed by atoms with Crippen molar-refractivity contribution >= 4 is 34.0 Å². The van der Waals surface area contributed by atoms with Gasteiger partial charge in [0.05, 0.1) is 11.9 Å². The molecule has 0 atom stereocenters. The third-order valence-electron chi connectivity index (χ3n) is 3.87. The van der Waals surface area contributed by atoms with Crippen LogP contribution in [0.4, 0.5) is 0 Å². The standard InChI is InChI=1S/C19H19N3O4S/c1-2-9-22-18(24)15-8-4-3-7-14(15)17(21-22)19(25)26-12-16(23)20-11-13-6-5-10-27-13/h3-8,10H,2,9,11-12H2,1H3,(H,20,23). The highest BCUT2D eigenvalue weighted by molar-refractivity contribution is 7.09. The van der Waals surface area contributed by atoms with E-state index >= 15 is 0 Å². The summed E-state index contributed by atoms with van der Waals surface area (Å²) in [6, 6.07) is 10.5. The van der Waals surface area contributed by atoms with Gasteiger partial charge < -0.3 is 10.1 Å². The molecule has 1 aromatic carbocycles. The Balaban J connectivity index is 1.74. The van der Waals surface area contributed by atoms with E-state index in [1.54, 1.807) is 24.3 Å². The summed E-state index contributed by atoms with van der Waals surface area (Å²) in [7, 11) is 0. The van der Waals surface area contributed by atoms with E-state index in [2.05, 4.69) is 10.4 Å². The minimum atomic E-state index is -0.734. The van der Waals surface area contributed by atoms with Crippen molar-refractivity contribution in [2.75, 3.05) is 6.61 Å². The number of carbonyl (C=O) groups is 2. The molecule has 2 heterocycles. The monoisotopic (exact) mass is 385 g/mol. The summed E-state index contributed by atoms with van der Waals surface area (Å²) in [5, 5.41) is 9.58. The van der Waals surface area contributed by atoms with Gasteiger partial charge in [0.15, 0.2) is 12.3 Å². The molecule has 0 fully saturated rings. The first kappa shape index (κ1) is 18.8. The Hall–Kier alpha value is -3.00. The molecular formula is C19H19N3O4S. The highest BCUT2D eigenvalue weighted by Gasteiger charge is 2.18. The molecule has 27 heavy (non-hydrogen) atoms. The molecule has 0 aliphatic rings. The quantitative estimate of drug-likeness (QED) is 0.631. The van der Waals surface area contributed by atoms with Gasteiger partial charge in [-0.3, -0.25) is 9.59 Å². The number of benzene rings is 1. The molecule has 0 aliphatic heterocycles. The average molecular weight is 385 g/mol. The normalized spacial score (nSPS) is 10.7. The first-order valence-corrected chi connectivity index (χ1v) is 9.44. The second-order valence-corrected chi connectivity index (χ2v) is 6.89. The highest BCUT2D eigenvalue weighted by atomic mass is 32.1. The minimum Gasteiger partial charge on any atom is -0.451 e. The zero-order chi connectivity index (χ0) is 19.2. The van der Waals surface area contributed by atoms with E-state index in [9.17, 15) is 14.4 Å².